The molecule has 9 N–H and O–H groups in total. The molecule has 0 aliphatic heterocycles. The van der Waals surface area contributed by atoms with Crippen LogP contribution in [-0.2, 0) is 0 Å². The molecule has 0 aromatic heterocycles. The van der Waals surface area contributed by atoms with Crippen LogP contribution in [0.4, 0.5) is 0 Å². The lowest BCUT2D eigenvalue weighted by atomic mass is 10.3. The van der Waals surface area contributed by atoms with Gasteiger partial charge in [-0.1, -0.05) is 13.3 Å². The third kappa shape index (κ3) is 40.4. The lowest BCUT2D eigenvalue weighted by Gasteiger charge is -1.80. The Morgan fingerprint density at radius 2 is 1.62 bits per heavy atom. The molecule has 4 nitrogen and oxygen atoms in total. The van der Waals surface area contributed by atoms with Gasteiger partial charge < -0.3 is 22.8 Å². The number of unbranched alkanes of at least 4 members (excludes halogenated alkanes) is 1. The van der Waals surface area contributed by atoms with Crippen molar-refractivity contribution in [3.05, 3.63) is 0 Å². The molecule has 0 radical (unpaired) electrons. The highest BCUT2D eigenvalue weighted by molar-refractivity contribution is 4.29. The standard InChI is InChI=1S/C4H11N.H3N.2H2O/c1-2-3-4-5;;;/h2-5H2,1H3;1H3;2*1H2. The molecular weight excluding hydrogens is 108 g/mol. The van der Waals surface area contributed by atoms with Gasteiger partial charge in [-0.3, -0.25) is 0 Å². The van der Waals surface area contributed by atoms with Crippen LogP contribution in [0.1, 0.15) is 19.8 Å². The Balaban J connectivity index is -0.0000000267. The van der Waals surface area contributed by atoms with Gasteiger partial charge in [0.1, 0.15) is 0 Å². The summed E-state index contributed by atoms with van der Waals surface area (Å²) in [5, 5.41) is 0. The van der Waals surface area contributed by atoms with Crippen molar-refractivity contribution in [3.8, 4) is 0 Å². The highest BCUT2D eigenvalue weighted by Crippen LogP contribution is 1.77. The zero-order valence-electron chi connectivity index (χ0n) is 5.41. The average molecular weight is 126 g/mol. The predicted octanol–water partition coefficient (Wildman–Crippen LogP) is -0.742. The molecule has 0 atom stereocenters. The molecule has 0 rings (SSSR count). The van der Waals surface area contributed by atoms with Crippen LogP contribution in [0.5, 0.6) is 0 Å². The molecule has 0 aromatic rings. The summed E-state index contributed by atoms with van der Waals surface area (Å²) in [6.45, 7) is 2.98. The molecule has 0 saturated heterocycles. The fourth-order valence-electron chi connectivity index (χ4n) is 0.204. The summed E-state index contributed by atoms with van der Waals surface area (Å²) in [5.74, 6) is 0. The van der Waals surface area contributed by atoms with E-state index in [1.807, 2.05) is 0 Å². The van der Waals surface area contributed by atoms with Crippen LogP contribution in [0.2, 0.25) is 0 Å². The largest absolute Gasteiger partial charge is 0.412 e. The number of hydrogen-bond acceptors (Lipinski definition) is 2. The Morgan fingerprint density at radius 1 is 1.25 bits per heavy atom. The third-order valence-corrected chi connectivity index (χ3v) is 0.558. The lowest BCUT2D eigenvalue weighted by molar-refractivity contribution is 0.807. The van der Waals surface area contributed by atoms with Crippen molar-refractivity contribution in [2.24, 2.45) is 5.73 Å². The number of rotatable bonds is 2. The lowest BCUT2D eigenvalue weighted by Crippen LogP contribution is -1.95. The van der Waals surface area contributed by atoms with E-state index in [0.29, 0.717) is 0 Å². The minimum atomic E-state index is 0. The summed E-state index contributed by atoms with van der Waals surface area (Å²) < 4.78 is 0. The predicted molar refractivity (Wildman–Crippen MR) is 36.2 cm³/mol. The third-order valence-electron chi connectivity index (χ3n) is 0.558. The van der Waals surface area contributed by atoms with Crippen molar-refractivity contribution in [1.82, 2.24) is 6.15 Å². The molecule has 56 valence electrons. The van der Waals surface area contributed by atoms with Crippen molar-refractivity contribution in [1.29, 1.82) is 0 Å². The van der Waals surface area contributed by atoms with E-state index in [1.165, 1.54) is 12.8 Å². The molecule has 0 unspecified atom stereocenters. The second kappa shape index (κ2) is 28.9. The summed E-state index contributed by atoms with van der Waals surface area (Å²) in [4.78, 5) is 0. The van der Waals surface area contributed by atoms with Crippen LogP contribution in [0.3, 0.4) is 0 Å². The van der Waals surface area contributed by atoms with Crippen molar-refractivity contribution in [2.75, 3.05) is 6.54 Å². The van der Waals surface area contributed by atoms with Crippen LogP contribution in [0, 0.1) is 0 Å². The van der Waals surface area contributed by atoms with Crippen molar-refractivity contribution in [3.63, 3.8) is 0 Å². The zero-order valence-corrected chi connectivity index (χ0v) is 5.41. The van der Waals surface area contributed by atoms with E-state index in [2.05, 4.69) is 6.92 Å². The first-order valence-electron chi connectivity index (χ1n) is 2.12. The van der Waals surface area contributed by atoms with E-state index in [-0.39, 0.29) is 17.1 Å². The van der Waals surface area contributed by atoms with Crippen LogP contribution in [-0.4, -0.2) is 17.5 Å². The Morgan fingerprint density at radius 3 is 1.62 bits per heavy atom. The second-order valence-electron chi connectivity index (χ2n) is 1.14. The fraction of sp³-hybridized carbons (Fsp3) is 1.00. The van der Waals surface area contributed by atoms with E-state index in [0.717, 1.165) is 6.54 Å². The van der Waals surface area contributed by atoms with Crippen molar-refractivity contribution >= 4 is 0 Å². The van der Waals surface area contributed by atoms with Crippen molar-refractivity contribution < 1.29 is 11.0 Å². The van der Waals surface area contributed by atoms with Gasteiger partial charge in [-0.05, 0) is 13.0 Å². The summed E-state index contributed by atoms with van der Waals surface area (Å²) in [7, 11) is 0. The first kappa shape index (κ1) is 24.9. The average Bonchev–Trinajstić information content (AvgIpc) is 1.41. The monoisotopic (exact) mass is 126 g/mol. The minimum absolute atomic E-state index is 0. The second-order valence-corrected chi connectivity index (χ2v) is 1.14. The van der Waals surface area contributed by atoms with Gasteiger partial charge in [0.2, 0.25) is 0 Å². The molecule has 0 aromatic carbocycles. The van der Waals surface area contributed by atoms with Crippen LogP contribution < -0.4 is 11.9 Å². The topological polar surface area (TPSA) is 124 Å². The Bertz CT molecular complexity index is 19.5. The van der Waals surface area contributed by atoms with Gasteiger partial charge in [0.25, 0.3) is 0 Å². The minimum Gasteiger partial charge on any atom is -0.412 e. The Labute approximate surface area is 50.3 Å². The van der Waals surface area contributed by atoms with E-state index < -0.39 is 0 Å². The van der Waals surface area contributed by atoms with Crippen LogP contribution in [0.15, 0.2) is 0 Å². The SMILES string of the molecule is CCCCN.N.O.O. The summed E-state index contributed by atoms with van der Waals surface area (Å²) in [6.07, 6.45) is 2.39. The molecule has 0 fully saturated rings. The molecule has 0 spiro atoms. The van der Waals surface area contributed by atoms with Gasteiger partial charge >= 0.3 is 0 Å². The molecule has 0 heterocycles. The Kier molecular flexibility index (Phi) is 89.9. The molecule has 0 aliphatic carbocycles. The van der Waals surface area contributed by atoms with Crippen molar-refractivity contribution in [2.45, 2.75) is 19.8 Å². The molecule has 0 amide bonds. The first-order valence-corrected chi connectivity index (χ1v) is 2.12. The highest BCUT2D eigenvalue weighted by atomic mass is 16.0. The Hall–Kier alpha value is -0.160. The maximum atomic E-state index is 5.14. The number of nitrogens with two attached hydrogens (primary N) is 1. The summed E-state index contributed by atoms with van der Waals surface area (Å²) in [5.41, 5.74) is 5.14. The summed E-state index contributed by atoms with van der Waals surface area (Å²) >= 11 is 0. The molecular formula is C4H18N2O2. The van der Waals surface area contributed by atoms with Gasteiger partial charge in [-0.2, -0.15) is 0 Å². The molecule has 0 saturated carbocycles. The van der Waals surface area contributed by atoms with Gasteiger partial charge in [0.05, 0.1) is 0 Å². The van der Waals surface area contributed by atoms with Gasteiger partial charge in [-0.15, -0.1) is 0 Å². The van der Waals surface area contributed by atoms with E-state index in [4.69, 9.17) is 5.73 Å². The van der Waals surface area contributed by atoms with Crippen LogP contribution in [0.25, 0.3) is 0 Å². The highest BCUT2D eigenvalue weighted by Gasteiger charge is 1.67. The zero-order chi connectivity index (χ0) is 4.12. The molecule has 0 aliphatic rings. The summed E-state index contributed by atoms with van der Waals surface area (Å²) in [6, 6.07) is 0. The van der Waals surface area contributed by atoms with Gasteiger partial charge in [0, 0.05) is 0 Å². The normalized spacial score (nSPS) is 5.25. The van der Waals surface area contributed by atoms with Gasteiger partial charge in [0.15, 0.2) is 0 Å². The molecule has 4 heteroatoms. The van der Waals surface area contributed by atoms with Crippen LogP contribution >= 0.6 is 0 Å². The quantitative estimate of drug-likeness (QED) is 0.505. The molecule has 0 bridgehead atoms. The van der Waals surface area contributed by atoms with E-state index >= 15 is 0 Å². The maximum absolute atomic E-state index is 5.14. The van der Waals surface area contributed by atoms with Gasteiger partial charge in [-0.25, -0.2) is 0 Å². The molecule has 8 heavy (non-hydrogen) atoms. The number of hydrogen-bond donors (Lipinski definition) is 2. The maximum Gasteiger partial charge on any atom is -0.00774 e. The van der Waals surface area contributed by atoms with E-state index in [1.54, 1.807) is 0 Å². The smallest absolute Gasteiger partial charge is 0.00774 e. The van der Waals surface area contributed by atoms with E-state index in [9.17, 15) is 0 Å². The fourth-order valence-corrected chi connectivity index (χ4v) is 0.204. The first-order chi connectivity index (χ1) is 2.41.